The molecule has 6 nitrogen and oxygen atoms in total. The van der Waals surface area contributed by atoms with Crippen LogP contribution in [-0.2, 0) is 20.7 Å². The van der Waals surface area contributed by atoms with Gasteiger partial charge in [-0.25, -0.2) is 4.68 Å². The second kappa shape index (κ2) is 9.39. The average molecular weight is 405 g/mol. The van der Waals surface area contributed by atoms with Crippen molar-refractivity contribution in [1.82, 2.24) is 15.1 Å². The molecule has 3 rings (SSSR count). The Hall–Kier alpha value is -3.41. The summed E-state index contributed by atoms with van der Waals surface area (Å²) in [5.41, 5.74) is 4.42. The van der Waals surface area contributed by atoms with Gasteiger partial charge in [0.1, 0.15) is 0 Å². The van der Waals surface area contributed by atoms with Crippen LogP contribution in [0.4, 0.5) is 0 Å². The predicted molar refractivity (Wildman–Crippen MR) is 115 cm³/mol. The zero-order chi connectivity index (χ0) is 21.7. The van der Waals surface area contributed by atoms with Gasteiger partial charge in [-0.1, -0.05) is 48.5 Å². The summed E-state index contributed by atoms with van der Waals surface area (Å²) in [6.07, 6.45) is 0.182. The van der Waals surface area contributed by atoms with E-state index in [1.165, 1.54) is 7.11 Å². The molecule has 0 spiro atoms. The SMILES string of the molecule is COC(=O)[C@H](C)[C@H](NC(=O)Cc1c(C)nn(-c2ccccc2)c1C)c1ccccc1. The molecule has 0 fully saturated rings. The maximum absolute atomic E-state index is 13.0. The Bertz CT molecular complexity index is 1010. The van der Waals surface area contributed by atoms with Crippen molar-refractivity contribution in [2.24, 2.45) is 5.92 Å². The van der Waals surface area contributed by atoms with E-state index >= 15 is 0 Å². The first kappa shape index (κ1) is 21.3. The number of para-hydroxylation sites is 1. The van der Waals surface area contributed by atoms with Gasteiger partial charge in [-0.05, 0) is 38.5 Å². The van der Waals surface area contributed by atoms with Gasteiger partial charge in [-0.15, -0.1) is 0 Å². The molecule has 0 unspecified atom stereocenters. The van der Waals surface area contributed by atoms with E-state index in [1.807, 2.05) is 79.2 Å². The summed E-state index contributed by atoms with van der Waals surface area (Å²) in [7, 11) is 1.35. The summed E-state index contributed by atoms with van der Waals surface area (Å²) < 4.78 is 6.75. The molecule has 6 heteroatoms. The summed E-state index contributed by atoms with van der Waals surface area (Å²) in [6.45, 7) is 5.62. The van der Waals surface area contributed by atoms with Crippen molar-refractivity contribution < 1.29 is 14.3 Å². The maximum atomic E-state index is 13.0. The third-order valence-corrected chi connectivity index (χ3v) is 5.33. The average Bonchev–Trinajstić information content (AvgIpc) is 3.06. The Morgan fingerprint density at radius 1 is 1.03 bits per heavy atom. The van der Waals surface area contributed by atoms with Crippen LogP contribution in [0.15, 0.2) is 60.7 Å². The van der Waals surface area contributed by atoms with Crippen molar-refractivity contribution in [3.05, 3.63) is 83.2 Å². The number of carbonyl (C=O) groups is 2. The zero-order valence-electron chi connectivity index (χ0n) is 17.8. The number of rotatable bonds is 7. The fourth-order valence-corrected chi connectivity index (χ4v) is 3.62. The van der Waals surface area contributed by atoms with Crippen molar-refractivity contribution >= 4 is 11.9 Å². The van der Waals surface area contributed by atoms with Gasteiger partial charge in [-0.3, -0.25) is 9.59 Å². The first-order valence-electron chi connectivity index (χ1n) is 9.95. The van der Waals surface area contributed by atoms with E-state index in [0.717, 1.165) is 28.2 Å². The molecule has 2 aromatic carbocycles. The van der Waals surface area contributed by atoms with E-state index in [1.54, 1.807) is 6.92 Å². The molecule has 156 valence electrons. The van der Waals surface area contributed by atoms with E-state index in [-0.39, 0.29) is 18.3 Å². The number of esters is 1. The molecule has 1 heterocycles. The molecule has 0 aliphatic rings. The lowest BCUT2D eigenvalue weighted by Crippen LogP contribution is -2.37. The van der Waals surface area contributed by atoms with Crippen LogP contribution in [0.5, 0.6) is 0 Å². The van der Waals surface area contributed by atoms with E-state index in [9.17, 15) is 9.59 Å². The van der Waals surface area contributed by atoms with Crippen LogP contribution >= 0.6 is 0 Å². The third kappa shape index (κ3) is 4.59. The van der Waals surface area contributed by atoms with Crippen molar-refractivity contribution in [1.29, 1.82) is 0 Å². The van der Waals surface area contributed by atoms with Gasteiger partial charge in [0.25, 0.3) is 0 Å². The number of ether oxygens (including phenoxy) is 1. The molecule has 3 aromatic rings. The minimum Gasteiger partial charge on any atom is -0.469 e. The van der Waals surface area contributed by atoms with Gasteiger partial charge in [0.05, 0.1) is 36.9 Å². The highest BCUT2D eigenvalue weighted by Gasteiger charge is 2.28. The molecule has 0 saturated carbocycles. The number of hydrogen-bond acceptors (Lipinski definition) is 4. The van der Waals surface area contributed by atoms with Crippen molar-refractivity contribution in [2.75, 3.05) is 7.11 Å². The Morgan fingerprint density at radius 2 is 1.63 bits per heavy atom. The highest BCUT2D eigenvalue weighted by Crippen LogP contribution is 2.24. The highest BCUT2D eigenvalue weighted by molar-refractivity contribution is 5.81. The molecule has 0 aliphatic carbocycles. The van der Waals surface area contributed by atoms with Crippen LogP contribution < -0.4 is 5.32 Å². The summed E-state index contributed by atoms with van der Waals surface area (Å²) in [5, 5.41) is 7.63. The molecule has 0 saturated heterocycles. The summed E-state index contributed by atoms with van der Waals surface area (Å²) in [4.78, 5) is 25.1. The summed E-state index contributed by atoms with van der Waals surface area (Å²) in [6, 6.07) is 18.8. The van der Waals surface area contributed by atoms with Gasteiger partial charge >= 0.3 is 5.97 Å². The lowest BCUT2D eigenvalue weighted by Gasteiger charge is -2.24. The quantitative estimate of drug-likeness (QED) is 0.609. The molecule has 1 N–H and O–H groups in total. The van der Waals surface area contributed by atoms with Crippen LogP contribution in [0.1, 0.15) is 35.5 Å². The van der Waals surface area contributed by atoms with Crippen molar-refractivity contribution in [2.45, 2.75) is 33.2 Å². The third-order valence-electron chi connectivity index (χ3n) is 5.33. The van der Waals surface area contributed by atoms with Gasteiger partial charge in [0.15, 0.2) is 0 Å². The number of methoxy groups -OCH3 is 1. The van der Waals surface area contributed by atoms with E-state index in [0.29, 0.717) is 0 Å². The van der Waals surface area contributed by atoms with Gasteiger partial charge in [-0.2, -0.15) is 5.10 Å². The van der Waals surface area contributed by atoms with Crippen LogP contribution in [0.3, 0.4) is 0 Å². The predicted octanol–water partition coefficient (Wildman–Crippen LogP) is 3.70. The molecule has 2 atom stereocenters. The van der Waals surface area contributed by atoms with E-state index in [2.05, 4.69) is 10.4 Å². The Balaban J connectivity index is 1.82. The normalized spacial score (nSPS) is 12.8. The number of aromatic nitrogens is 2. The number of amides is 1. The van der Waals surface area contributed by atoms with Crippen molar-refractivity contribution in [3.8, 4) is 5.69 Å². The number of aryl methyl sites for hydroxylation is 1. The molecule has 30 heavy (non-hydrogen) atoms. The smallest absolute Gasteiger partial charge is 0.310 e. The minimum absolute atomic E-state index is 0.168. The topological polar surface area (TPSA) is 73.2 Å². The second-order valence-electron chi connectivity index (χ2n) is 7.34. The standard InChI is InChI=1S/C24H27N3O3/c1-16(24(29)30-4)23(19-11-7-5-8-12-19)25-22(28)15-21-17(2)26-27(18(21)3)20-13-9-6-10-14-20/h5-14,16,23H,15H2,1-4H3,(H,25,28)/t16-,23+/m1/s1. The lowest BCUT2D eigenvalue weighted by molar-refractivity contribution is -0.146. The maximum Gasteiger partial charge on any atom is 0.310 e. The van der Waals surface area contributed by atoms with Crippen LogP contribution in [0.2, 0.25) is 0 Å². The molecule has 1 aromatic heterocycles. The van der Waals surface area contributed by atoms with Gasteiger partial charge in [0, 0.05) is 11.3 Å². The summed E-state index contributed by atoms with van der Waals surface area (Å²) in [5.74, 6) is -1.05. The molecular weight excluding hydrogens is 378 g/mol. The molecule has 1 amide bonds. The number of hydrogen-bond donors (Lipinski definition) is 1. The minimum atomic E-state index is -0.518. The summed E-state index contributed by atoms with van der Waals surface area (Å²) >= 11 is 0. The number of carbonyl (C=O) groups excluding carboxylic acids is 2. The number of nitrogens with zero attached hydrogens (tertiary/aromatic N) is 2. The first-order chi connectivity index (χ1) is 14.4. The Kier molecular flexibility index (Phi) is 6.67. The van der Waals surface area contributed by atoms with Crippen LogP contribution in [0, 0.1) is 19.8 Å². The fraction of sp³-hybridized carbons (Fsp3) is 0.292. The Labute approximate surface area is 176 Å². The molecule has 0 aliphatic heterocycles. The highest BCUT2D eigenvalue weighted by atomic mass is 16.5. The molecular formula is C24H27N3O3. The van der Waals surface area contributed by atoms with Crippen LogP contribution in [-0.4, -0.2) is 28.8 Å². The van der Waals surface area contributed by atoms with E-state index in [4.69, 9.17) is 4.74 Å². The first-order valence-corrected chi connectivity index (χ1v) is 9.95. The van der Waals surface area contributed by atoms with Gasteiger partial charge < -0.3 is 10.1 Å². The Morgan fingerprint density at radius 3 is 2.23 bits per heavy atom. The second-order valence-corrected chi connectivity index (χ2v) is 7.34. The number of nitrogens with one attached hydrogen (secondary N) is 1. The largest absolute Gasteiger partial charge is 0.469 e. The molecule has 0 radical (unpaired) electrons. The van der Waals surface area contributed by atoms with E-state index < -0.39 is 12.0 Å². The lowest BCUT2D eigenvalue weighted by atomic mass is 9.94. The van der Waals surface area contributed by atoms with Gasteiger partial charge in [0.2, 0.25) is 5.91 Å². The van der Waals surface area contributed by atoms with Crippen molar-refractivity contribution in [3.63, 3.8) is 0 Å². The zero-order valence-corrected chi connectivity index (χ0v) is 17.8. The number of benzene rings is 2. The van der Waals surface area contributed by atoms with Crippen LogP contribution in [0.25, 0.3) is 5.69 Å². The molecule has 0 bridgehead atoms. The fourth-order valence-electron chi connectivity index (χ4n) is 3.62. The monoisotopic (exact) mass is 405 g/mol.